The van der Waals surface area contributed by atoms with Crippen LogP contribution < -0.4 is 4.74 Å². The van der Waals surface area contributed by atoms with Crippen molar-refractivity contribution < 1.29 is 18.3 Å². The molecule has 9 heteroatoms. The van der Waals surface area contributed by atoms with Crippen molar-refractivity contribution in [2.45, 2.75) is 25.1 Å². The molecule has 0 aliphatic heterocycles. The molecule has 7 nitrogen and oxygen atoms in total. The lowest BCUT2D eigenvalue weighted by Gasteiger charge is -2.11. The standard InChI is InChI=1S/C18H20N2O2S.HNO2S/c1-12-3-6-15(7-4-12)22-10-14(21)11-23-18-19-16-8-5-13(2)9-17(16)20-18;1-4(2)3/h3-9,14,21H,10-11H2,1-2H3,(H,19,20);1H. The summed E-state index contributed by atoms with van der Waals surface area (Å²) in [5.41, 5.74) is 4.36. The van der Waals surface area contributed by atoms with Crippen molar-refractivity contribution in [2.24, 2.45) is 0 Å². The van der Waals surface area contributed by atoms with Crippen LogP contribution in [0.5, 0.6) is 5.75 Å². The van der Waals surface area contributed by atoms with Crippen molar-refractivity contribution in [3.8, 4) is 5.75 Å². The quantitative estimate of drug-likeness (QED) is 0.540. The fourth-order valence-electron chi connectivity index (χ4n) is 2.22. The van der Waals surface area contributed by atoms with E-state index in [1.54, 1.807) is 0 Å². The third-order valence-corrected chi connectivity index (χ3v) is 4.51. The van der Waals surface area contributed by atoms with Crippen LogP contribution in [0.4, 0.5) is 0 Å². The molecule has 3 N–H and O–H groups in total. The van der Waals surface area contributed by atoms with Gasteiger partial charge < -0.3 is 14.8 Å². The second kappa shape index (κ2) is 10.1. The first kappa shape index (κ1) is 20.9. The van der Waals surface area contributed by atoms with Crippen LogP contribution in [-0.4, -0.2) is 42.0 Å². The second-order valence-electron chi connectivity index (χ2n) is 5.89. The SMILES string of the molecule is Cc1ccc(OCC(O)CSc2nc3ccc(C)cc3[nH]2)cc1.N=S(=O)=O. The molecule has 0 bridgehead atoms. The average molecular weight is 408 g/mol. The number of aryl methyl sites for hydroxylation is 2. The number of nitrogens with zero attached hydrogens (tertiary/aromatic N) is 1. The zero-order valence-electron chi connectivity index (χ0n) is 15.0. The number of hydrogen-bond donors (Lipinski definition) is 3. The number of aromatic amines is 1. The van der Waals surface area contributed by atoms with Crippen molar-refractivity contribution in [2.75, 3.05) is 12.4 Å². The molecule has 0 saturated carbocycles. The van der Waals surface area contributed by atoms with Gasteiger partial charge in [-0.05, 0) is 43.7 Å². The number of H-pyrrole nitrogens is 1. The molecule has 0 saturated heterocycles. The molecule has 27 heavy (non-hydrogen) atoms. The van der Waals surface area contributed by atoms with Gasteiger partial charge in [0.05, 0.1) is 17.1 Å². The highest BCUT2D eigenvalue weighted by atomic mass is 32.2. The van der Waals surface area contributed by atoms with E-state index in [4.69, 9.17) is 17.9 Å². The van der Waals surface area contributed by atoms with E-state index in [2.05, 4.69) is 23.0 Å². The number of benzene rings is 2. The van der Waals surface area contributed by atoms with E-state index in [1.165, 1.54) is 22.9 Å². The van der Waals surface area contributed by atoms with Crippen molar-refractivity contribution in [1.29, 1.82) is 4.78 Å². The van der Waals surface area contributed by atoms with E-state index in [9.17, 15) is 5.11 Å². The van der Waals surface area contributed by atoms with Crippen LogP contribution in [-0.2, 0) is 10.5 Å². The van der Waals surface area contributed by atoms with E-state index in [0.29, 0.717) is 5.75 Å². The minimum absolute atomic E-state index is 0.273. The molecule has 0 aliphatic carbocycles. The fourth-order valence-corrected chi connectivity index (χ4v) is 3.01. The Kier molecular flexibility index (Phi) is 7.83. The predicted octanol–water partition coefficient (Wildman–Crippen LogP) is 3.34. The van der Waals surface area contributed by atoms with Gasteiger partial charge in [0.25, 0.3) is 0 Å². The number of nitrogens with one attached hydrogen (secondary N) is 2. The molecule has 2 aromatic carbocycles. The summed E-state index contributed by atoms with van der Waals surface area (Å²) in [5, 5.41) is 10.9. The highest BCUT2D eigenvalue weighted by Crippen LogP contribution is 2.21. The number of ether oxygens (including phenoxy) is 1. The molecule has 1 atom stereocenters. The Balaban J connectivity index is 0.000000596. The largest absolute Gasteiger partial charge is 0.491 e. The predicted molar refractivity (Wildman–Crippen MR) is 106 cm³/mol. The van der Waals surface area contributed by atoms with Gasteiger partial charge in [-0.2, -0.15) is 13.2 Å². The summed E-state index contributed by atoms with van der Waals surface area (Å²) in [7, 11) is -2.61. The molecular weight excluding hydrogens is 386 g/mol. The first-order valence-electron chi connectivity index (χ1n) is 8.10. The number of fused-ring (bicyclic) bond motifs is 1. The highest BCUT2D eigenvalue weighted by Gasteiger charge is 2.09. The topological polar surface area (TPSA) is 116 Å². The Morgan fingerprint density at radius 1 is 1.19 bits per heavy atom. The van der Waals surface area contributed by atoms with Crippen molar-refractivity contribution in [3.05, 3.63) is 53.6 Å². The third-order valence-electron chi connectivity index (χ3n) is 3.49. The average Bonchev–Trinajstić information content (AvgIpc) is 3.01. The number of aliphatic hydroxyl groups excluding tert-OH is 1. The third kappa shape index (κ3) is 7.41. The van der Waals surface area contributed by atoms with Crippen LogP contribution in [0.3, 0.4) is 0 Å². The summed E-state index contributed by atoms with van der Waals surface area (Å²) < 4.78 is 28.4. The van der Waals surface area contributed by atoms with Gasteiger partial charge in [-0.1, -0.05) is 35.5 Å². The highest BCUT2D eigenvalue weighted by molar-refractivity contribution is 7.99. The summed E-state index contributed by atoms with van der Waals surface area (Å²) in [6.07, 6.45) is -0.545. The lowest BCUT2D eigenvalue weighted by Crippen LogP contribution is -2.20. The van der Waals surface area contributed by atoms with E-state index >= 15 is 0 Å². The molecule has 1 unspecified atom stereocenters. The normalized spacial score (nSPS) is 11.5. The molecule has 0 aliphatic rings. The number of rotatable bonds is 6. The Labute approximate surface area is 163 Å². The van der Waals surface area contributed by atoms with Gasteiger partial charge in [-0.15, -0.1) is 0 Å². The molecule has 1 heterocycles. The Hall–Kier alpha value is -2.36. The van der Waals surface area contributed by atoms with Gasteiger partial charge in [-0.3, -0.25) is 0 Å². The summed E-state index contributed by atoms with van der Waals surface area (Å²) in [6, 6.07) is 13.9. The summed E-state index contributed by atoms with van der Waals surface area (Å²) >= 11 is 1.50. The lowest BCUT2D eigenvalue weighted by atomic mass is 10.2. The van der Waals surface area contributed by atoms with Gasteiger partial charge >= 0.3 is 10.5 Å². The molecule has 0 spiro atoms. The van der Waals surface area contributed by atoms with Crippen molar-refractivity contribution >= 4 is 33.3 Å². The maximum atomic E-state index is 10.1. The van der Waals surface area contributed by atoms with Gasteiger partial charge in [-0.25, -0.2) is 4.98 Å². The Bertz CT molecular complexity index is 979. The number of aromatic nitrogens is 2. The molecule has 0 fully saturated rings. The molecule has 0 amide bonds. The Morgan fingerprint density at radius 3 is 2.48 bits per heavy atom. The molecule has 3 rings (SSSR count). The molecule has 3 aromatic rings. The minimum Gasteiger partial charge on any atom is -0.491 e. The van der Waals surface area contributed by atoms with Gasteiger partial charge in [0.1, 0.15) is 12.4 Å². The van der Waals surface area contributed by atoms with E-state index in [0.717, 1.165) is 21.9 Å². The number of imidazole rings is 1. The summed E-state index contributed by atoms with van der Waals surface area (Å²) in [4.78, 5) is 7.78. The second-order valence-corrected chi connectivity index (χ2v) is 7.36. The summed E-state index contributed by atoms with van der Waals surface area (Å²) in [6.45, 7) is 4.36. The lowest BCUT2D eigenvalue weighted by molar-refractivity contribution is 0.126. The van der Waals surface area contributed by atoms with Crippen molar-refractivity contribution in [1.82, 2.24) is 9.97 Å². The molecular formula is C18H21N3O4S2. The number of aliphatic hydroxyl groups is 1. The number of thioether (sulfide) groups is 1. The zero-order valence-corrected chi connectivity index (χ0v) is 16.6. The van der Waals surface area contributed by atoms with E-state index in [-0.39, 0.29) is 6.61 Å². The fraction of sp³-hybridized carbons (Fsp3) is 0.278. The first-order valence-corrected chi connectivity index (χ1v) is 10.2. The van der Waals surface area contributed by atoms with Crippen molar-refractivity contribution in [3.63, 3.8) is 0 Å². The maximum Gasteiger partial charge on any atom is 0.308 e. The number of hydrogen-bond acceptors (Lipinski definition) is 7. The van der Waals surface area contributed by atoms with Crippen LogP contribution in [0.2, 0.25) is 0 Å². The van der Waals surface area contributed by atoms with E-state index in [1.807, 2.05) is 43.3 Å². The monoisotopic (exact) mass is 407 g/mol. The summed E-state index contributed by atoms with van der Waals surface area (Å²) in [5.74, 6) is 1.31. The molecule has 0 radical (unpaired) electrons. The van der Waals surface area contributed by atoms with Crippen LogP contribution in [0.25, 0.3) is 11.0 Å². The van der Waals surface area contributed by atoms with Crippen LogP contribution in [0, 0.1) is 18.6 Å². The first-order chi connectivity index (χ1) is 12.8. The molecule has 144 valence electrons. The van der Waals surface area contributed by atoms with E-state index < -0.39 is 16.6 Å². The van der Waals surface area contributed by atoms with Crippen LogP contribution in [0.1, 0.15) is 11.1 Å². The van der Waals surface area contributed by atoms with Gasteiger partial charge in [0.2, 0.25) is 0 Å². The minimum atomic E-state index is -2.61. The van der Waals surface area contributed by atoms with Gasteiger partial charge in [0.15, 0.2) is 5.16 Å². The van der Waals surface area contributed by atoms with Crippen LogP contribution >= 0.6 is 11.8 Å². The Morgan fingerprint density at radius 2 is 1.81 bits per heavy atom. The smallest absolute Gasteiger partial charge is 0.308 e. The molecule has 1 aromatic heterocycles. The zero-order chi connectivity index (χ0) is 19.8. The maximum absolute atomic E-state index is 10.1. The van der Waals surface area contributed by atoms with Crippen LogP contribution in [0.15, 0.2) is 47.6 Å². The van der Waals surface area contributed by atoms with Gasteiger partial charge in [0, 0.05) is 5.75 Å².